The smallest absolute Gasteiger partial charge is 0.126 e. The molecule has 0 aliphatic rings. The zero-order valence-corrected chi connectivity index (χ0v) is 13.1. The van der Waals surface area contributed by atoms with E-state index in [1.165, 1.54) is 11.1 Å². The maximum atomic E-state index is 6.09. The van der Waals surface area contributed by atoms with E-state index in [-0.39, 0.29) is 0 Å². The van der Waals surface area contributed by atoms with Gasteiger partial charge in [-0.25, -0.2) is 0 Å². The molecule has 18 heavy (non-hydrogen) atoms. The van der Waals surface area contributed by atoms with Crippen LogP contribution in [0.2, 0.25) is 0 Å². The minimum absolute atomic E-state index is 0.480. The van der Waals surface area contributed by atoms with Gasteiger partial charge >= 0.3 is 0 Å². The molecule has 0 spiro atoms. The van der Waals surface area contributed by atoms with Gasteiger partial charge in [-0.05, 0) is 34.6 Å². The van der Waals surface area contributed by atoms with E-state index in [9.17, 15) is 0 Å². The highest BCUT2D eigenvalue weighted by Gasteiger charge is 2.15. The summed E-state index contributed by atoms with van der Waals surface area (Å²) in [5, 5.41) is 0. The predicted octanol–water partition coefficient (Wildman–Crippen LogP) is 4.88. The molecule has 0 heterocycles. The highest BCUT2D eigenvalue weighted by Crippen LogP contribution is 2.34. The topological polar surface area (TPSA) is 9.23 Å². The van der Waals surface area contributed by atoms with Crippen molar-refractivity contribution in [3.63, 3.8) is 0 Å². The minimum Gasteiger partial charge on any atom is -0.493 e. The summed E-state index contributed by atoms with van der Waals surface area (Å²) in [6.07, 6.45) is 0. The molecule has 0 aromatic heterocycles. The first kappa shape index (κ1) is 15.4. The van der Waals surface area contributed by atoms with Crippen LogP contribution in [-0.4, -0.2) is 12.4 Å². The fraction of sp³-hybridized carbons (Fsp3) is 0.625. The molecule has 0 saturated heterocycles. The molecule has 102 valence electrons. The fourth-order valence-corrected chi connectivity index (χ4v) is 2.03. The Balaban J connectivity index is 3.03. The van der Waals surface area contributed by atoms with Gasteiger partial charge in [-0.1, -0.05) is 52.8 Å². The van der Waals surface area contributed by atoms with Crippen LogP contribution in [-0.2, 0) is 0 Å². The Hall–Kier alpha value is -0.630. The molecule has 1 rings (SSSR count). The van der Waals surface area contributed by atoms with E-state index in [2.05, 4.69) is 65.4 Å². The lowest BCUT2D eigenvalue weighted by molar-refractivity contribution is 0.267. The lowest BCUT2D eigenvalue weighted by Gasteiger charge is -2.21. The van der Waals surface area contributed by atoms with Crippen molar-refractivity contribution in [2.24, 2.45) is 5.92 Å². The Morgan fingerprint density at radius 1 is 1.00 bits per heavy atom. The van der Waals surface area contributed by atoms with Crippen LogP contribution < -0.4 is 4.74 Å². The minimum atomic E-state index is 0.480. The van der Waals surface area contributed by atoms with E-state index in [0.29, 0.717) is 17.8 Å². The zero-order valence-electron chi connectivity index (χ0n) is 12.2. The van der Waals surface area contributed by atoms with Crippen molar-refractivity contribution in [2.45, 2.75) is 46.5 Å². The van der Waals surface area contributed by atoms with Gasteiger partial charge in [0.1, 0.15) is 5.75 Å². The third-order valence-corrected chi connectivity index (χ3v) is 3.77. The summed E-state index contributed by atoms with van der Waals surface area (Å²) in [5.41, 5.74) is 2.63. The van der Waals surface area contributed by atoms with Crippen molar-refractivity contribution in [1.82, 2.24) is 0 Å². The molecule has 0 bridgehead atoms. The maximum absolute atomic E-state index is 6.09. The molecular formula is C16H26OS. The summed E-state index contributed by atoms with van der Waals surface area (Å²) in [6.45, 7) is 11.8. The fourth-order valence-electron chi connectivity index (χ4n) is 1.93. The van der Waals surface area contributed by atoms with Gasteiger partial charge in [-0.15, -0.1) is 0 Å². The number of hydrogen-bond donors (Lipinski definition) is 1. The van der Waals surface area contributed by atoms with Gasteiger partial charge in [0.25, 0.3) is 0 Å². The van der Waals surface area contributed by atoms with E-state index >= 15 is 0 Å². The zero-order chi connectivity index (χ0) is 13.7. The molecule has 0 amide bonds. The van der Waals surface area contributed by atoms with Crippen molar-refractivity contribution < 1.29 is 4.74 Å². The number of rotatable bonds is 6. The van der Waals surface area contributed by atoms with Gasteiger partial charge in [0.05, 0.1) is 6.61 Å². The molecule has 1 nitrogen and oxygen atoms in total. The van der Waals surface area contributed by atoms with E-state index < -0.39 is 0 Å². The molecule has 1 aromatic carbocycles. The van der Waals surface area contributed by atoms with Crippen LogP contribution in [0.1, 0.15) is 57.6 Å². The van der Waals surface area contributed by atoms with Gasteiger partial charge < -0.3 is 4.74 Å². The highest BCUT2D eigenvalue weighted by molar-refractivity contribution is 7.80. The summed E-state index contributed by atoms with van der Waals surface area (Å²) >= 11 is 4.31. The summed E-state index contributed by atoms with van der Waals surface area (Å²) < 4.78 is 6.09. The van der Waals surface area contributed by atoms with Crippen LogP contribution in [0.5, 0.6) is 5.75 Å². The lowest BCUT2D eigenvalue weighted by atomic mass is 9.94. The third-order valence-electron chi connectivity index (χ3n) is 3.14. The van der Waals surface area contributed by atoms with Crippen LogP contribution in [0.15, 0.2) is 18.2 Å². The lowest BCUT2D eigenvalue weighted by Crippen LogP contribution is -2.12. The largest absolute Gasteiger partial charge is 0.493 e. The SMILES string of the molecule is CC(CS)COc1c(C(C)C)cccc1C(C)C. The summed E-state index contributed by atoms with van der Waals surface area (Å²) in [4.78, 5) is 0. The predicted molar refractivity (Wildman–Crippen MR) is 83.1 cm³/mol. The Morgan fingerprint density at radius 3 is 1.89 bits per heavy atom. The second-order valence-corrected chi connectivity index (χ2v) is 6.04. The van der Waals surface area contributed by atoms with Crippen LogP contribution >= 0.6 is 12.6 Å². The highest BCUT2D eigenvalue weighted by atomic mass is 32.1. The second-order valence-electron chi connectivity index (χ2n) is 5.67. The molecule has 1 aromatic rings. The van der Waals surface area contributed by atoms with Crippen LogP contribution in [0.25, 0.3) is 0 Å². The molecule has 2 heteroatoms. The molecule has 0 aliphatic carbocycles. The number of para-hydroxylation sites is 1. The normalized spacial score (nSPS) is 13.1. The van der Waals surface area contributed by atoms with Gasteiger partial charge in [0.15, 0.2) is 0 Å². The van der Waals surface area contributed by atoms with Crippen molar-refractivity contribution in [2.75, 3.05) is 12.4 Å². The van der Waals surface area contributed by atoms with E-state index in [1.807, 2.05) is 0 Å². The van der Waals surface area contributed by atoms with E-state index in [4.69, 9.17) is 4.74 Å². The monoisotopic (exact) mass is 266 g/mol. The molecule has 1 unspecified atom stereocenters. The van der Waals surface area contributed by atoms with Crippen LogP contribution in [0.3, 0.4) is 0 Å². The average Bonchev–Trinajstić information content (AvgIpc) is 2.34. The molecule has 0 radical (unpaired) electrons. The molecule has 0 N–H and O–H groups in total. The van der Waals surface area contributed by atoms with Crippen LogP contribution in [0.4, 0.5) is 0 Å². The quantitative estimate of drug-likeness (QED) is 0.722. The molecular weight excluding hydrogens is 240 g/mol. The second kappa shape index (κ2) is 7.08. The number of benzene rings is 1. The van der Waals surface area contributed by atoms with Gasteiger partial charge in [0, 0.05) is 0 Å². The average molecular weight is 266 g/mol. The molecule has 1 atom stereocenters. The Kier molecular flexibility index (Phi) is 6.07. The first-order valence-electron chi connectivity index (χ1n) is 6.83. The molecule has 0 fully saturated rings. The van der Waals surface area contributed by atoms with Crippen molar-refractivity contribution in [1.29, 1.82) is 0 Å². The molecule has 0 aliphatic heterocycles. The number of thiol groups is 1. The Labute approximate surface area is 117 Å². The Morgan fingerprint density at radius 2 is 1.50 bits per heavy atom. The first-order valence-corrected chi connectivity index (χ1v) is 7.47. The standard InChI is InChI=1S/C16H26OS/c1-11(2)14-7-6-8-15(12(3)4)16(14)17-9-13(5)10-18/h6-8,11-13,18H,9-10H2,1-5H3. The summed E-state index contributed by atoms with van der Waals surface area (Å²) in [6, 6.07) is 6.49. The third kappa shape index (κ3) is 3.94. The Bertz CT molecular complexity index is 345. The van der Waals surface area contributed by atoms with Crippen molar-refractivity contribution in [3.05, 3.63) is 29.3 Å². The van der Waals surface area contributed by atoms with E-state index in [1.54, 1.807) is 0 Å². The van der Waals surface area contributed by atoms with Gasteiger partial charge in [-0.2, -0.15) is 12.6 Å². The van der Waals surface area contributed by atoms with Crippen LogP contribution in [0, 0.1) is 5.92 Å². The van der Waals surface area contributed by atoms with E-state index in [0.717, 1.165) is 18.1 Å². The number of hydrogen-bond acceptors (Lipinski definition) is 2. The maximum Gasteiger partial charge on any atom is 0.126 e. The van der Waals surface area contributed by atoms with Crippen molar-refractivity contribution in [3.8, 4) is 5.75 Å². The summed E-state index contributed by atoms with van der Waals surface area (Å²) in [5.74, 6) is 3.42. The molecule has 0 saturated carbocycles. The summed E-state index contributed by atoms with van der Waals surface area (Å²) in [7, 11) is 0. The van der Waals surface area contributed by atoms with Gasteiger partial charge in [-0.3, -0.25) is 0 Å². The first-order chi connectivity index (χ1) is 8.47. The van der Waals surface area contributed by atoms with Crippen molar-refractivity contribution >= 4 is 12.6 Å². The van der Waals surface area contributed by atoms with Gasteiger partial charge in [0.2, 0.25) is 0 Å². The number of ether oxygens (including phenoxy) is 1.